The van der Waals surface area contributed by atoms with Crippen molar-refractivity contribution < 1.29 is 0 Å². The van der Waals surface area contributed by atoms with Crippen LogP contribution in [0.4, 0.5) is 0 Å². The fourth-order valence-corrected chi connectivity index (χ4v) is 1.54. The third-order valence-electron chi connectivity index (χ3n) is 2.33. The van der Waals surface area contributed by atoms with E-state index in [9.17, 15) is 0 Å². The summed E-state index contributed by atoms with van der Waals surface area (Å²) in [4.78, 5) is 8.48. The third kappa shape index (κ3) is 0.763. The molecule has 1 saturated carbocycles. The van der Waals surface area contributed by atoms with E-state index in [0.29, 0.717) is 5.92 Å². The maximum absolute atomic E-state index is 4.38. The lowest BCUT2D eigenvalue weighted by atomic mass is 10.2. The molecule has 0 atom stereocenters. The summed E-state index contributed by atoms with van der Waals surface area (Å²) in [6.45, 7) is 0. The van der Waals surface area contributed by atoms with Crippen molar-refractivity contribution in [3.8, 4) is 0 Å². The molecular formula is C9H9N3. The second-order valence-corrected chi connectivity index (χ2v) is 3.27. The molecule has 1 aliphatic carbocycles. The molecule has 2 heterocycles. The lowest BCUT2D eigenvalue weighted by Crippen LogP contribution is -1.91. The van der Waals surface area contributed by atoms with Crippen LogP contribution in [0.5, 0.6) is 0 Å². The van der Waals surface area contributed by atoms with E-state index in [4.69, 9.17) is 0 Å². The summed E-state index contributed by atoms with van der Waals surface area (Å²) in [6.07, 6.45) is 10.1. The molecule has 12 heavy (non-hydrogen) atoms. The van der Waals surface area contributed by atoms with Crippen molar-refractivity contribution >= 4 is 5.52 Å². The van der Waals surface area contributed by atoms with Crippen molar-refractivity contribution in [2.75, 3.05) is 0 Å². The summed E-state index contributed by atoms with van der Waals surface area (Å²) in [6, 6.07) is 0. The molecule has 2 aromatic heterocycles. The summed E-state index contributed by atoms with van der Waals surface area (Å²) >= 11 is 0. The first-order chi connectivity index (χ1) is 5.95. The van der Waals surface area contributed by atoms with Gasteiger partial charge in [0.1, 0.15) is 0 Å². The lowest BCUT2D eigenvalue weighted by molar-refractivity contribution is 0.993. The van der Waals surface area contributed by atoms with Gasteiger partial charge in [-0.25, -0.2) is 4.98 Å². The van der Waals surface area contributed by atoms with Gasteiger partial charge in [-0.15, -0.1) is 0 Å². The van der Waals surface area contributed by atoms with Gasteiger partial charge < -0.3 is 4.40 Å². The highest BCUT2D eigenvalue weighted by Gasteiger charge is 2.26. The minimum atomic E-state index is 0.699. The quantitative estimate of drug-likeness (QED) is 0.632. The van der Waals surface area contributed by atoms with Gasteiger partial charge in [0.2, 0.25) is 0 Å². The topological polar surface area (TPSA) is 30.2 Å². The molecule has 0 bridgehead atoms. The van der Waals surface area contributed by atoms with Crippen LogP contribution in [-0.4, -0.2) is 14.4 Å². The minimum absolute atomic E-state index is 0.699. The highest BCUT2D eigenvalue weighted by molar-refractivity contribution is 5.52. The van der Waals surface area contributed by atoms with E-state index in [1.807, 2.05) is 29.3 Å². The number of fused-ring (bicyclic) bond motifs is 1. The summed E-state index contributed by atoms with van der Waals surface area (Å²) in [5, 5.41) is 0. The van der Waals surface area contributed by atoms with Crippen molar-refractivity contribution in [3.63, 3.8) is 0 Å². The summed E-state index contributed by atoms with van der Waals surface area (Å²) < 4.78 is 2.03. The molecule has 2 aromatic rings. The van der Waals surface area contributed by atoms with Gasteiger partial charge in [-0.1, -0.05) is 0 Å². The normalized spacial score (nSPS) is 17.0. The number of imidazole rings is 1. The van der Waals surface area contributed by atoms with E-state index >= 15 is 0 Å². The van der Waals surface area contributed by atoms with Gasteiger partial charge in [0.25, 0.3) is 0 Å². The predicted molar refractivity (Wildman–Crippen MR) is 45.0 cm³/mol. The lowest BCUT2D eigenvalue weighted by Gasteiger charge is -1.98. The van der Waals surface area contributed by atoms with Crippen molar-refractivity contribution in [3.05, 3.63) is 30.6 Å². The molecule has 0 N–H and O–H groups in total. The fourth-order valence-electron chi connectivity index (χ4n) is 1.54. The molecule has 0 spiro atoms. The van der Waals surface area contributed by atoms with Crippen molar-refractivity contribution in [1.82, 2.24) is 14.4 Å². The maximum Gasteiger partial charge on any atom is 0.0993 e. The van der Waals surface area contributed by atoms with Crippen molar-refractivity contribution in [2.45, 2.75) is 18.8 Å². The molecule has 0 aliphatic heterocycles. The van der Waals surface area contributed by atoms with Gasteiger partial charge in [-0.3, -0.25) is 4.98 Å². The predicted octanol–water partition coefficient (Wildman–Crippen LogP) is 1.61. The molecule has 0 aromatic carbocycles. The van der Waals surface area contributed by atoms with Crippen LogP contribution in [0.25, 0.3) is 5.52 Å². The molecule has 0 radical (unpaired) electrons. The number of hydrogen-bond donors (Lipinski definition) is 0. The molecule has 3 heteroatoms. The van der Waals surface area contributed by atoms with Gasteiger partial charge >= 0.3 is 0 Å². The molecular weight excluding hydrogens is 150 g/mol. The Morgan fingerprint density at radius 3 is 3.17 bits per heavy atom. The Hall–Kier alpha value is -1.38. The molecule has 3 nitrogen and oxygen atoms in total. The van der Waals surface area contributed by atoms with Gasteiger partial charge in [0, 0.05) is 18.3 Å². The first-order valence-corrected chi connectivity index (χ1v) is 4.22. The largest absolute Gasteiger partial charge is 0.303 e. The second kappa shape index (κ2) is 2.06. The molecule has 1 aliphatic rings. The Morgan fingerprint density at radius 2 is 2.33 bits per heavy atom. The van der Waals surface area contributed by atoms with Crippen LogP contribution in [0.2, 0.25) is 0 Å². The zero-order chi connectivity index (χ0) is 7.97. The Kier molecular flexibility index (Phi) is 1.06. The van der Waals surface area contributed by atoms with E-state index in [1.165, 1.54) is 24.1 Å². The Labute approximate surface area is 70.1 Å². The van der Waals surface area contributed by atoms with Crippen LogP contribution >= 0.6 is 0 Å². The average Bonchev–Trinajstić information content (AvgIpc) is 2.82. The zero-order valence-corrected chi connectivity index (χ0v) is 6.64. The van der Waals surface area contributed by atoms with Crippen LogP contribution in [0, 0.1) is 0 Å². The molecule has 0 amide bonds. The highest BCUT2D eigenvalue weighted by atomic mass is 15.0. The summed E-state index contributed by atoms with van der Waals surface area (Å²) in [7, 11) is 0. The van der Waals surface area contributed by atoms with E-state index in [2.05, 4.69) is 9.97 Å². The standard InChI is InChI=1S/C9H9N3/c1-2-7(1)9-8-5-10-6-12(8)4-3-11-9/h3-7H,1-2H2. The van der Waals surface area contributed by atoms with Crippen LogP contribution in [0.3, 0.4) is 0 Å². The molecule has 3 rings (SSSR count). The van der Waals surface area contributed by atoms with E-state index in [0.717, 1.165) is 0 Å². The molecule has 0 unspecified atom stereocenters. The van der Waals surface area contributed by atoms with Gasteiger partial charge in [-0.05, 0) is 12.8 Å². The first kappa shape index (κ1) is 6.17. The number of nitrogens with zero attached hydrogens (tertiary/aromatic N) is 3. The molecule has 1 fully saturated rings. The van der Waals surface area contributed by atoms with Crippen LogP contribution < -0.4 is 0 Å². The smallest absolute Gasteiger partial charge is 0.0993 e. The Morgan fingerprint density at radius 1 is 1.42 bits per heavy atom. The number of aromatic nitrogens is 3. The number of hydrogen-bond acceptors (Lipinski definition) is 2. The van der Waals surface area contributed by atoms with Crippen LogP contribution in [0.1, 0.15) is 24.5 Å². The Bertz CT molecular complexity index is 414. The minimum Gasteiger partial charge on any atom is -0.303 e. The van der Waals surface area contributed by atoms with Crippen LogP contribution in [-0.2, 0) is 0 Å². The van der Waals surface area contributed by atoms with Crippen molar-refractivity contribution in [2.24, 2.45) is 0 Å². The van der Waals surface area contributed by atoms with E-state index in [1.54, 1.807) is 0 Å². The highest BCUT2D eigenvalue weighted by Crippen LogP contribution is 2.40. The average molecular weight is 159 g/mol. The van der Waals surface area contributed by atoms with E-state index < -0.39 is 0 Å². The molecule has 60 valence electrons. The van der Waals surface area contributed by atoms with Crippen LogP contribution in [0.15, 0.2) is 24.9 Å². The van der Waals surface area contributed by atoms with Gasteiger partial charge in [0.05, 0.1) is 23.7 Å². The maximum atomic E-state index is 4.38. The second-order valence-electron chi connectivity index (χ2n) is 3.27. The van der Waals surface area contributed by atoms with Gasteiger partial charge in [0.15, 0.2) is 0 Å². The monoisotopic (exact) mass is 159 g/mol. The number of rotatable bonds is 1. The molecule has 0 saturated heterocycles. The summed E-state index contributed by atoms with van der Waals surface area (Å²) in [5.74, 6) is 0.699. The Balaban J connectivity index is 2.32. The zero-order valence-electron chi connectivity index (χ0n) is 6.64. The van der Waals surface area contributed by atoms with E-state index in [-0.39, 0.29) is 0 Å². The van der Waals surface area contributed by atoms with Gasteiger partial charge in [-0.2, -0.15) is 0 Å². The first-order valence-electron chi connectivity index (χ1n) is 4.22. The van der Waals surface area contributed by atoms with Crippen molar-refractivity contribution in [1.29, 1.82) is 0 Å². The third-order valence-corrected chi connectivity index (χ3v) is 2.33. The SMILES string of the molecule is c1cn2cncc2c(C2CC2)n1. The summed E-state index contributed by atoms with van der Waals surface area (Å²) in [5.41, 5.74) is 2.38. The fraction of sp³-hybridized carbons (Fsp3) is 0.333.